The number of fused-ring (bicyclic) bond motifs is 1. The van der Waals surface area contributed by atoms with Gasteiger partial charge in [-0.05, 0) is 32.4 Å². The number of rotatable bonds is 7. The first-order valence-electron chi connectivity index (χ1n) is 7.94. The first-order valence-corrected chi connectivity index (χ1v) is 7.94. The number of amides is 1. The normalized spacial score (nSPS) is 11.4. The minimum absolute atomic E-state index is 0.00167. The molecule has 1 amide bonds. The maximum Gasteiger partial charge on any atom is 0.309 e. The van der Waals surface area contributed by atoms with Gasteiger partial charge in [0.25, 0.3) is 11.1 Å². The summed E-state index contributed by atoms with van der Waals surface area (Å²) in [5, 5.41) is 14.7. The number of aliphatic carboxylic acids is 1. The average Bonchev–Trinajstić information content (AvgIpc) is 2.56. The Morgan fingerprint density at radius 1 is 1.20 bits per heavy atom. The Morgan fingerprint density at radius 2 is 1.84 bits per heavy atom. The van der Waals surface area contributed by atoms with Crippen molar-refractivity contribution in [3.05, 3.63) is 45.0 Å². The molecule has 1 aromatic heterocycles. The zero-order chi connectivity index (χ0) is 18.6. The first kappa shape index (κ1) is 18.4. The predicted molar refractivity (Wildman–Crippen MR) is 92.5 cm³/mol. The van der Waals surface area contributed by atoms with Crippen molar-refractivity contribution in [2.24, 2.45) is 5.41 Å². The zero-order valence-corrected chi connectivity index (χ0v) is 14.2. The Bertz CT molecular complexity index is 910. The van der Waals surface area contributed by atoms with Crippen LogP contribution in [0.2, 0.25) is 0 Å². The minimum atomic E-state index is -0.929. The number of aromatic nitrogens is 2. The topological polar surface area (TPSA) is 121 Å². The Hall–Kier alpha value is -2.90. The van der Waals surface area contributed by atoms with Gasteiger partial charge in [0.1, 0.15) is 0 Å². The lowest BCUT2D eigenvalue weighted by Gasteiger charge is -2.18. The Morgan fingerprint density at radius 3 is 2.48 bits per heavy atom. The van der Waals surface area contributed by atoms with Crippen molar-refractivity contribution in [1.82, 2.24) is 15.1 Å². The van der Waals surface area contributed by atoms with Crippen molar-refractivity contribution in [1.29, 1.82) is 0 Å². The Kier molecular flexibility index (Phi) is 5.41. The summed E-state index contributed by atoms with van der Waals surface area (Å²) in [6.07, 6.45) is 0.294. The molecule has 1 aromatic carbocycles. The molecule has 0 atom stereocenters. The summed E-state index contributed by atoms with van der Waals surface area (Å²) in [7, 11) is 0. The number of carboxylic acid groups (broad SMARTS) is 1. The van der Waals surface area contributed by atoms with E-state index < -0.39 is 11.4 Å². The number of H-pyrrole nitrogens is 1. The zero-order valence-electron chi connectivity index (χ0n) is 14.2. The fraction of sp³-hybridized carbons (Fsp3) is 0.412. The highest BCUT2D eigenvalue weighted by atomic mass is 16.4. The van der Waals surface area contributed by atoms with Crippen LogP contribution in [0.15, 0.2) is 33.9 Å². The third kappa shape index (κ3) is 4.34. The van der Waals surface area contributed by atoms with Gasteiger partial charge in [-0.3, -0.25) is 24.3 Å². The van der Waals surface area contributed by atoms with Crippen LogP contribution in [0, 0.1) is 5.41 Å². The lowest BCUT2D eigenvalue weighted by molar-refractivity contribution is -0.147. The van der Waals surface area contributed by atoms with E-state index in [-0.39, 0.29) is 36.5 Å². The highest BCUT2D eigenvalue weighted by Crippen LogP contribution is 2.19. The molecule has 0 saturated carbocycles. The summed E-state index contributed by atoms with van der Waals surface area (Å²) < 4.78 is 1.12. The van der Waals surface area contributed by atoms with E-state index in [1.165, 1.54) is 0 Å². The van der Waals surface area contributed by atoms with Crippen molar-refractivity contribution in [3.8, 4) is 0 Å². The molecule has 8 heteroatoms. The molecule has 0 spiro atoms. The second kappa shape index (κ2) is 7.33. The summed E-state index contributed by atoms with van der Waals surface area (Å²) in [5.41, 5.74) is -1.68. The van der Waals surface area contributed by atoms with Gasteiger partial charge < -0.3 is 10.4 Å². The lowest BCUT2D eigenvalue weighted by atomic mass is 9.90. The Balaban J connectivity index is 1.98. The number of carboxylic acids is 1. The minimum Gasteiger partial charge on any atom is -0.481 e. The summed E-state index contributed by atoms with van der Waals surface area (Å²) in [5.74, 6) is -1.25. The largest absolute Gasteiger partial charge is 0.481 e. The van der Waals surface area contributed by atoms with Gasteiger partial charge in [-0.25, -0.2) is 4.68 Å². The van der Waals surface area contributed by atoms with Crippen LogP contribution in [0.4, 0.5) is 0 Å². The summed E-state index contributed by atoms with van der Waals surface area (Å²) in [6, 6.07) is 6.48. The van der Waals surface area contributed by atoms with E-state index in [2.05, 4.69) is 10.4 Å². The second-order valence-electron chi connectivity index (χ2n) is 6.48. The number of hydrogen-bond donors (Lipinski definition) is 3. The van der Waals surface area contributed by atoms with Crippen LogP contribution >= 0.6 is 0 Å². The van der Waals surface area contributed by atoms with E-state index in [9.17, 15) is 19.2 Å². The molecular formula is C17H21N3O5. The smallest absolute Gasteiger partial charge is 0.309 e. The van der Waals surface area contributed by atoms with E-state index in [1.807, 2.05) is 0 Å². The van der Waals surface area contributed by atoms with Gasteiger partial charge in [-0.15, -0.1) is 0 Å². The molecule has 0 aliphatic rings. The third-order valence-electron chi connectivity index (χ3n) is 4.10. The lowest BCUT2D eigenvalue weighted by Crippen LogP contribution is -2.34. The van der Waals surface area contributed by atoms with Crippen molar-refractivity contribution in [2.75, 3.05) is 6.54 Å². The van der Waals surface area contributed by atoms with Crippen LogP contribution in [0.5, 0.6) is 0 Å². The molecule has 2 rings (SSSR count). The number of benzene rings is 1. The molecule has 0 aliphatic heterocycles. The van der Waals surface area contributed by atoms with Crippen LogP contribution in [0.1, 0.15) is 26.7 Å². The Labute approximate surface area is 143 Å². The molecule has 25 heavy (non-hydrogen) atoms. The van der Waals surface area contributed by atoms with Crippen molar-refractivity contribution in [3.63, 3.8) is 0 Å². The van der Waals surface area contributed by atoms with E-state index in [0.717, 1.165) is 4.68 Å². The van der Waals surface area contributed by atoms with E-state index in [4.69, 9.17) is 5.11 Å². The molecule has 0 aliphatic carbocycles. The number of nitrogens with zero attached hydrogens (tertiary/aromatic N) is 1. The molecule has 3 N–H and O–H groups in total. The van der Waals surface area contributed by atoms with Crippen molar-refractivity contribution < 1.29 is 14.7 Å². The number of carbonyl (C=O) groups is 2. The molecular weight excluding hydrogens is 326 g/mol. The fourth-order valence-corrected chi connectivity index (χ4v) is 2.33. The van der Waals surface area contributed by atoms with Crippen LogP contribution in [-0.4, -0.2) is 33.3 Å². The van der Waals surface area contributed by atoms with Gasteiger partial charge in [0, 0.05) is 13.0 Å². The standard InChI is InChI=1S/C17H21N3O5/c1-17(2,16(24)25)8-9-18-13(21)7-10-20-15(23)12-6-4-3-5-11(12)14(22)19-20/h3-6H,7-10H2,1-2H3,(H,18,21)(H,19,22)(H,24,25). The van der Waals surface area contributed by atoms with E-state index >= 15 is 0 Å². The molecule has 0 fully saturated rings. The number of aromatic amines is 1. The molecule has 0 unspecified atom stereocenters. The predicted octanol–water partition coefficient (Wildman–Crippen LogP) is 0.697. The average molecular weight is 347 g/mol. The fourth-order valence-electron chi connectivity index (χ4n) is 2.33. The van der Waals surface area contributed by atoms with Crippen LogP contribution in [-0.2, 0) is 16.1 Å². The summed E-state index contributed by atoms with van der Waals surface area (Å²) in [6.45, 7) is 3.43. The number of hydrogen-bond acceptors (Lipinski definition) is 4. The molecule has 134 valence electrons. The van der Waals surface area contributed by atoms with Crippen LogP contribution in [0.3, 0.4) is 0 Å². The highest BCUT2D eigenvalue weighted by molar-refractivity contribution is 5.80. The van der Waals surface area contributed by atoms with Gasteiger partial charge in [0.2, 0.25) is 5.91 Å². The molecule has 1 heterocycles. The summed E-state index contributed by atoms with van der Waals surface area (Å²) >= 11 is 0. The SMILES string of the molecule is CC(C)(CCNC(=O)CCn1[nH]c(=O)c2ccccc2c1=O)C(=O)O. The molecule has 0 radical (unpaired) electrons. The first-order chi connectivity index (χ1) is 11.7. The van der Waals surface area contributed by atoms with Gasteiger partial charge in [-0.2, -0.15) is 0 Å². The quantitative estimate of drug-likeness (QED) is 0.680. The molecule has 2 aromatic rings. The number of nitrogens with one attached hydrogen (secondary N) is 2. The van der Waals surface area contributed by atoms with Crippen LogP contribution < -0.4 is 16.4 Å². The maximum atomic E-state index is 12.3. The molecule has 0 saturated heterocycles. The van der Waals surface area contributed by atoms with Gasteiger partial charge in [0.05, 0.1) is 22.7 Å². The van der Waals surface area contributed by atoms with Gasteiger partial charge >= 0.3 is 5.97 Å². The van der Waals surface area contributed by atoms with Crippen molar-refractivity contribution >= 4 is 22.6 Å². The van der Waals surface area contributed by atoms with Gasteiger partial charge in [0.15, 0.2) is 0 Å². The number of carbonyl (C=O) groups excluding carboxylic acids is 1. The van der Waals surface area contributed by atoms with E-state index in [1.54, 1.807) is 38.1 Å². The van der Waals surface area contributed by atoms with E-state index in [0.29, 0.717) is 17.2 Å². The highest BCUT2D eigenvalue weighted by Gasteiger charge is 2.26. The molecule has 8 nitrogen and oxygen atoms in total. The maximum absolute atomic E-state index is 12.3. The van der Waals surface area contributed by atoms with Gasteiger partial charge in [-0.1, -0.05) is 12.1 Å². The molecule has 0 bridgehead atoms. The number of aryl methyl sites for hydroxylation is 1. The van der Waals surface area contributed by atoms with Crippen LogP contribution in [0.25, 0.3) is 10.8 Å². The monoisotopic (exact) mass is 347 g/mol. The summed E-state index contributed by atoms with van der Waals surface area (Å²) in [4.78, 5) is 47.1. The second-order valence-corrected chi connectivity index (χ2v) is 6.48. The van der Waals surface area contributed by atoms with Crippen molar-refractivity contribution in [2.45, 2.75) is 33.2 Å². The third-order valence-corrected chi connectivity index (χ3v) is 4.10.